The monoisotopic (exact) mass is 411 g/mol. The molecule has 0 aromatic rings. The van der Waals surface area contributed by atoms with Crippen LogP contribution in [0.5, 0.6) is 0 Å². The Morgan fingerprint density at radius 1 is 0.690 bits per heavy atom. The van der Waals surface area contributed by atoms with Gasteiger partial charge in [-0.25, -0.2) is 0 Å². The summed E-state index contributed by atoms with van der Waals surface area (Å²) in [7, 11) is 4.17. The van der Waals surface area contributed by atoms with Gasteiger partial charge in [0.2, 0.25) is 0 Å². The third-order valence-corrected chi connectivity index (χ3v) is 4.28. The molecule has 1 nitrogen and oxygen atoms in total. The van der Waals surface area contributed by atoms with Crippen LogP contribution in [-0.2, 0) is 0 Å². The van der Waals surface area contributed by atoms with Crippen LogP contribution >= 0.6 is 0 Å². The van der Waals surface area contributed by atoms with Gasteiger partial charge in [0.05, 0.1) is 0 Å². The summed E-state index contributed by atoms with van der Waals surface area (Å²) in [5, 5.41) is 0. The molecular weight excluding hydrogens is 350 g/mol. The Labute approximate surface area is 189 Å². The van der Waals surface area contributed by atoms with Gasteiger partial charge in [-0.15, -0.1) is 11.8 Å². The summed E-state index contributed by atoms with van der Waals surface area (Å²) in [6.07, 6.45) is 14.4. The van der Waals surface area contributed by atoms with Crippen LogP contribution in [0.4, 0.5) is 0 Å². The largest absolute Gasteiger partial charge is 0.309 e. The molecule has 1 aliphatic rings. The van der Waals surface area contributed by atoms with E-state index >= 15 is 0 Å². The first-order valence-electron chi connectivity index (χ1n) is 12.0. The summed E-state index contributed by atoms with van der Waals surface area (Å²) >= 11 is 0. The van der Waals surface area contributed by atoms with Crippen LogP contribution in [-0.4, -0.2) is 25.5 Å². The fourth-order valence-electron chi connectivity index (χ4n) is 1.82. The minimum Gasteiger partial charge on any atom is -0.309 e. The molecule has 178 valence electrons. The van der Waals surface area contributed by atoms with Crippen molar-refractivity contribution in [2.75, 3.05) is 20.6 Å². The van der Waals surface area contributed by atoms with Crippen molar-refractivity contribution < 1.29 is 0 Å². The van der Waals surface area contributed by atoms with E-state index in [1.165, 1.54) is 70.8 Å². The highest BCUT2D eigenvalue weighted by Crippen LogP contribution is 2.25. The van der Waals surface area contributed by atoms with E-state index in [1.54, 1.807) is 11.1 Å². The second-order valence-corrected chi connectivity index (χ2v) is 7.75. The maximum Gasteiger partial charge on any atom is 0.00859 e. The zero-order valence-electron chi connectivity index (χ0n) is 21.9. The molecule has 0 radical (unpaired) electrons. The van der Waals surface area contributed by atoms with Crippen molar-refractivity contribution >= 4 is 0 Å². The van der Waals surface area contributed by atoms with Gasteiger partial charge in [-0.1, -0.05) is 98.6 Å². The normalized spacial score (nSPS) is 10.6. The second kappa shape index (κ2) is 37.9. The SMILES string of the molecule is C.CC#CCCC.CC1=C(C)CC1.CCCC.CCCCCC.CCCN(C)C. The summed E-state index contributed by atoms with van der Waals surface area (Å²) in [4.78, 5) is 2.18. The summed E-state index contributed by atoms with van der Waals surface area (Å²) in [6.45, 7) is 20.6. The van der Waals surface area contributed by atoms with E-state index in [0.29, 0.717) is 0 Å². The molecule has 0 aromatic carbocycles. The molecule has 0 fully saturated rings. The van der Waals surface area contributed by atoms with Crippen molar-refractivity contribution in [3.8, 4) is 11.8 Å². The predicted molar refractivity (Wildman–Crippen MR) is 142 cm³/mol. The number of rotatable bonds is 7. The lowest BCUT2D eigenvalue weighted by Gasteiger charge is -2.15. The van der Waals surface area contributed by atoms with E-state index in [-0.39, 0.29) is 7.43 Å². The lowest BCUT2D eigenvalue weighted by atomic mass is 9.92. The molecule has 1 rings (SSSR count). The van der Waals surface area contributed by atoms with Crippen LogP contribution in [0, 0.1) is 11.8 Å². The highest BCUT2D eigenvalue weighted by molar-refractivity contribution is 5.19. The van der Waals surface area contributed by atoms with E-state index in [9.17, 15) is 0 Å². The molecule has 1 aliphatic carbocycles. The minimum atomic E-state index is 0. The highest BCUT2D eigenvalue weighted by atomic mass is 15.0. The average Bonchev–Trinajstić information content (AvgIpc) is 2.70. The number of allylic oxidation sites excluding steroid dienone is 2. The van der Waals surface area contributed by atoms with Crippen LogP contribution in [0.1, 0.15) is 140 Å². The summed E-state index contributed by atoms with van der Waals surface area (Å²) < 4.78 is 0. The van der Waals surface area contributed by atoms with E-state index in [2.05, 4.69) is 86.2 Å². The van der Waals surface area contributed by atoms with Crippen molar-refractivity contribution in [1.82, 2.24) is 4.90 Å². The van der Waals surface area contributed by atoms with Gasteiger partial charge in [0.1, 0.15) is 0 Å². The van der Waals surface area contributed by atoms with Crippen molar-refractivity contribution in [3.63, 3.8) is 0 Å². The lowest BCUT2D eigenvalue weighted by Crippen LogP contribution is -2.11. The molecule has 0 unspecified atom stereocenters. The first-order chi connectivity index (χ1) is 13.3. The number of hydrogen-bond donors (Lipinski definition) is 0. The van der Waals surface area contributed by atoms with Gasteiger partial charge in [-0.2, -0.15) is 0 Å². The molecule has 0 bridgehead atoms. The van der Waals surface area contributed by atoms with E-state index in [1.807, 2.05) is 6.92 Å². The first-order valence-corrected chi connectivity index (χ1v) is 12.0. The van der Waals surface area contributed by atoms with Crippen LogP contribution in [0.3, 0.4) is 0 Å². The summed E-state index contributed by atoms with van der Waals surface area (Å²) in [5.74, 6) is 5.77. The lowest BCUT2D eigenvalue weighted by molar-refractivity contribution is 0.408. The fourth-order valence-corrected chi connectivity index (χ4v) is 1.82. The Hall–Kier alpha value is -0.740. The first kappa shape index (κ1) is 38.8. The van der Waals surface area contributed by atoms with Crippen molar-refractivity contribution in [2.45, 2.75) is 140 Å². The second-order valence-electron chi connectivity index (χ2n) is 7.75. The minimum absolute atomic E-state index is 0. The molecular formula is C28H61N. The molecule has 29 heavy (non-hydrogen) atoms. The molecule has 0 amide bonds. The fraction of sp³-hybridized carbons (Fsp3) is 0.857. The van der Waals surface area contributed by atoms with Crippen molar-refractivity contribution in [1.29, 1.82) is 0 Å². The van der Waals surface area contributed by atoms with Gasteiger partial charge in [-0.3, -0.25) is 0 Å². The van der Waals surface area contributed by atoms with Gasteiger partial charge in [0, 0.05) is 6.42 Å². The van der Waals surface area contributed by atoms with Crippen LogP contribution in [0.25, 0.3) is 0 Å². The summed E-state index contributed by atoms with van der Waals surface area (Å²) in [6, 6.07) is 0. The third-order valence-electron chi connectivity index (χ3n) is 4.28. The standard InChI is InChI=1S/C6H10.C6H14.C6H10.C5H13N.C4H10.CH4/c1-5-3-4-6(5)2;2*1-3-5-6-4-2;1-4-5-6(2)3;1-3-4-2;/h3-4H2,1-2H3;3-6H2,1-2H3;3,5H2,1-2H3;4-5H2,1-3H3;3-4H2,1-2H3;1H4. The smallest absolute Gasteiger partial charge is 0.00859 e. The highest BCUT2D eigenvalue weighted by Gasteiger charge is 2.05. The van der Waals surface area contributed by atoms with Gasteiger partial charge in [0.15, 0.2) is 0 Å². The van der Waals surface area contributed by atoms with Crippen LogP contribution in [0.15, 0.2) is 11.1 Å². The van der Waals surface area contributed by atoms with Crippen molar-refractivity contribution in [3.05, 3.63) is 11.1 Å². The van der Waals surface area contributed by atoms with Crippen LogP contribution in [0.2, 0.25) is 0 Å². The van der Waals surface area contributed by atoms with Crippen molar-refractivity contribution in [2.24, 2.45) is 0 Å². The maximum atomic E-state index is 2.95. The number of nitrogens with zero attached hydrogens (tertiary/aromatic N) is 1. The van der Waals surface area contributed by atoms with E-state index in [0.717, 1.165) is 6.42 Å². The molecule has 0 aromatic heterocycles. The molecule has 0 heterocycles. The molecule has 0 saturated carbocycles. The molecule has 0 spiro atoms. The molecule has 1 heteroatoms. The Bertz CT molecular complexity index is 323. The third kappa shape index (κ3) is 52.2. The van der Waals surface area contributed by atoms with E-state index < -0.39 is 0 Å². The molecule has 0 atom stereocenters. The van der Waals surface area contributed by atoms with Gasteiger partial charge >= 0.3 is 0 Å². The zero-order chi connectivity index (χ0) is 22.6. The number of unbranched alkanes of at least 4 members (excludes halogenated alkanes) is 5. The topological polar surface area (TPSA) is 3.24 Å². The number of hydrogen-bond acceptors (Lipinski definition) is 1. The predicted octanol–water partition coefficient (Wildman–Crippen LogP) is 9.91. The molecule has 0 aliphatic heterocycles. The Balaban J connectivity index is -0.0000000826. The quantitative estimate of drug-likeness (QED) is 0.229. The molecule has 0 saturated heterocycles. The Kier molecular flexibility index (Phi) is 50.8. The average molecular weight is 412 g/mol. The van der Waals surface area contributed by atoms with Gasteiger partial charge < -0.3 is 4.90 Å². The van der Waals surface area contributed by atoms with Crippen LogP contribution < -0.4 is 0 Å². The maximum absolute atomic E-state index is 2.95. The Morgan fingerprint density at radius 3 is 1.17 bits per heavy atom. The van der Waals surface area contributed by atoms with Gasteiger partial charge in [-0.05, 0) is 67.1 Å². The van der Waals surface area contributed by atoms with E-state index in [4.69, 9.17) is 0 Å². The van der Waals surface area contributed by atoms with Gasteiger partial charge in [0.25, 0.3) is 0 Å². The molecule has 0 N–H and O–H groups in total. The summed E-state index contributed by atoms with van der Waals surface area (Å²) in [5.41, 5.74) is 3.21. The Morgan fingerprint density at radius 2 is 1.10 bits per heavy atom. The zero-order valence-corrected chi connectivity index (χ0v) is 21.9.